The highest BCUT2D eigenvalue weighted by Crippen LogP contribution is 2.43. The van der Waals surface area contributed by atoms with Gasteiger partial charge in [0.15, 0.2) is 0 Å². The Labute approximate surface area is 233 Å². The van der Waals surface area contributed by atoms with Gasteiger partial charge in [-0.05, 0) is 86.7 Å². The summed E-state index contributed by atoms with van der Waals surface area (Å²) in [4.78, 5) is 19.8. The molecule has 3 aromatic rings. The lowest BCUT2D eigenvalue weighted by molar-refractivity contribution is -0.141. The van der Waals surface area contributed by atoms with Crippen molar-refractivity contribution < 1.29 is 24.5 Å². The molecule has 0 radical (unpaired) electrons. The van der Waals surface area contributed by atoms with Crippen LogP contribution in [0.25, 0.3) is 10.9 Å². The molecular formula is C29H35ClN2O5S. The van der Waals surface area contributed by atoms with Crippen molar-refractivity contribution in [3.63, 3.8) is 0 Å². The van der Waals surface area contributed by atoms with E-state index in [2.05, 4.69) is 22.0 Å². The van der Waals surface area contributed by atoms with Crippen LogP contribution in [-0.4, -0.2) is 65.7 Å². The number of aliphatic carboxylic acids is 1. The molecule has 2 heterocycles. The van der Waals surface area contributed by atoms with Crippen LogP contribution in [0.4, 0.5) is 0 Å². The molecule has 2 N–H and O–H groups in total. The second-order valence-electron chi connectivity index (χ2n) is 9.89. The third-order valence-electron chi connectivity index (χ3n) is 7.53. The number of carboxylic acids is 1. The number of rotatable bonds is 12. The normalized spacial score (nSPS) is 16.3. The van der Waals surface area contributed by atoms with Crippen LogP contribution in [0.5, 0.6) is 11.5 Å². The van der Waals surface area contributed by atoms with Crippen LogP contribution in [0.1, 0.15) is 43.8 Å². The Bertz CT molecular complexity index is 1230. The number of pyridine rings is 1. The molecule has 7 nitrogen and oxygen atoms in total. The van der Waals surface area contributed by atoms with Crippen LogP contribution in [0.3, 0.4) is 0 Å². The quantitative estimate of drug-likeness (QED) is 0.259. The molecule has 38 heavy (non-hydrogen) atoms. The minimum Gasteiger partial charge on any atom is -0.497 e. The zero-order valence-electron chi connectivity index (χ0n) is 21.9. The van der Waals surface area contributed by atoms with E-state index in [0.29, 0.717) is 29.2 Å². The van der Waals surface area contributed by atoms with Gasteiger partial charge in [-0.25, -0.2) is 0 Å². The number of aromatic nitrogens is 1. The summed E-state index contributed by atoms with van der Waals surface area (Å²) in [6.45, 7) is 2.65. The Morgan fingerprint density at radius 3 is 2.47 bits per heavy atom. The van der Waals surface area contributed by atoms with Gasteiger partial charge in [-0.15, -0.1) is 11.8 Å². The molecule has 1 saturated heterocycles. The largest absolute Gasteiger partial charge is 0.497 e. The Balaban J connectivity index is 1.36. The van der Waals surface area contributed by atoms with E-state index < -0.39 is 12.1 Å². The molecule has 1 aliphatic rings. The Morgan fingerprint density at radius 2 is 1.82 bits per heavy atom. The number of hydrogen-bond donors (Lipinski definition) is 2. The molecule has 1 fully saturated rings. The van der Waals surface area contributed by atoms with Crippen LogP contribution < -0.4 is 9.47 Å². The van der Waals surface area contributed by atoms with E-state index in [0.717, 1.165) is 54.9 Å². The van der Waals surface area contributed by atoms with Gasteiger partial charge in [-0.3, -0.25) is 9.78 Å². The number of nitrogens with zero attached hydrogens (tertiary/aromatic N) is 2. The maximum Gasteiger partial charge on any atom is 0.303 e. The second-order valence-corrected chi connectivity index (χ2v) is 11.5. The molecule has 1 unspecified atom stereocenters. The Morgan fingerprint density at radius 1 is 1.13 bits per heavy atom. The molecule has 2 aromatic carbocycles. The fourth-order valence-corrected chi connectivity index (χ4v) is 6.46. The van der Waals surface area contributed by atoms with Crippen molar-refractivity contribution in [2.75, 3.05) is 39.6 Å². The molecule has 204 valence electrons. The van der Waals surface area contributed by atoms with E-state index in [1.165, 1.54) is 4.90 Å². The van der Waals surface area contributed by atoms with Gasteiger partial charge in [0, 0.05) is 34.3 Å². The smallest absolute Gasteiger partial charge is 0.303 e. The number of hydrogen-bond acceptors (Lipinski definition) is 7. The SMILES string of the molecule is COc1ccc(SCCN2CCC(CCC(O)c3c(Cl)cnc4ccc(OC)cc34)(CC(=O)O)CC2)cc1. The lowest BCUT2D eigenvalue weighted by Crippen LogP contribution is -2.42. The molecule has 1 aliphatic heterocycles. The summed E-state index contributed by atoms with van der Waals surface area (Å²) >= 11 is 8.30. The fourth-order valence-electron chi connectivity index (χ4n) is 5.27. The van der Waals surface area contributed by atoms with Gasteiger partial charge < -0.3 is 24.6 Å². The number of fused-ring (bicyclic) bond motifs is 1. The van der Waals surface area contributed by atoms with Crippen LogP contribution >= 0.6 is 23.4 Å². The van der Waals surface area contributed by atoms with Gasteiger partial charge in [-0.2, -0.15) is 0 Å². The predicted octanol–water partition coefficient (Wildman–Crippen LogP) is 6.07. The number of thioether (sulfide) groups is 1. The number of carboxylic acid groups (broad SMARTS) is 1. The number of aliphatic hydroxyl groups is 1. The maximum absolute atomic E-state index is 11.8. The number of aliphatic hydroxyl groups excluding tert-OH is 1. The summed E-state index contributed by atoms with van der Waals surface area (Å²) in [6, 6.07) is 13.6. The molecular weight excluding hydrogens is 524 g/mol. The van der Waals surface area contributed by atoms with E-state index >= 15 is 0 Å². The number of carbonyl (C=O) groups is 1. The van der Waals surface area contributed by atoms with E-state index in [4.69, 9.17) is 21.1 Å². The topological polar surface area (TPSA) is 92.1 Å². The van der Waals surface area contributed by atoms with Gasteiger partial charge >= 0.3 is 5.97 Å². The average molecular weight is 559 g/mol. The van der Waals surface area contributed by atoms with E-state index in [1.807, 2.05) is 42.1 Å². The molecule has 0 saturated carbocycles. The van der Waals surface area contributed by atoms with Crippen LogP contribution in [0.2, 0.25) is 5.02 Å². The number of benzene rings is 2. The third-order valence-corrected chi connectivity index (χ3v) is 8.82. The van der Waals surface area contributed by atoms with Gasteiger partial charge in [-0.1, -0.05) is 11.6 Å². The van der Waals surface area contributed by atoms with Crippen molar-refractivity contribution in [3.05, 3.63) is 59.2 Å². The summed E-state index contributed by atoms with van der Waals surface area (Å²) in [5.74, 6) is 1.69. The number of ether oxygens (including phenoxy) is 2. The summed E-state index contributed by atoms with van der Waals surface area (Å²) in [7, 11) is 3.26. The molecule has 0 spiro atoms. The van der Waals surface area contributed by atoms with Crippen molar-refractivity contribution in [1.29, 1.82) is 0 Å². The van der Waals surface area contributed by atoms with E-state index in [9.17, 15) is 15.0 Å². The zero-order chi connectivity index (χ0) is 27.1. The summed E-state index contributed by atoms with van der Waals surface area (Å²) in [5.41, 5.74) is 0.999. The van der Waals surface area contributed by atoms with Crippen LogP contribution in [0, 0.1) is 5.41 Å². The molecule has 4 rings (SSSR count). The first-order valence-corrected chi connectivity index (χ1v) is 14.2. The number of piperidine rings is 1. The number of likely N-dealkylation sites (tertiary alicyclic amines) is 1. The van der Waals surface area contributed by atoms with Gasteiger partial charge in [0.1, 0.15) is 11.5 Å². The van der Waals surface area contributed by atoms with E-state index in [1.54, 1.807) is 20.4 Å². The minimum absolute atomic E-state index is 0.104. The van der Waals surface area contributed by atoms with Crippen molar-refractivity contribution in [2.24, 2.45) is 5.41 Å². The molecule has 1 atom stereocenters. The second kappa shape index (κ2) is 13.0. The summed E-state index contributed by atoms with van der Waals surface area (Å²) in [6.07, 6.45) is 3.45. The first kappa shape index (κ1) is 28.5. The standard InChI is InChI=1S/C29H35ClN2O5S/c1-36-20-3-6-22(7-4-20)38-16-15-32-13-11-29(12-14-32,18-27(34)35)10-9-26(33)28-23-17-21(37-2)5-8-25(23)31-19-24(28)30/h3-8,17,19,26,33H,9-16,18H2,1-2H3,(H,34,35). The minimum atomic E-state index is -0.829. The first-order valence-electron chi connectivity index (χ1n) is 12.8. The van der Waals surface area contributed by atoms with Crippen molar-refractivity contribution >= 4 is 40.2 Å². The molecule has 0 bridgehead atoms. The van der Waals surface area contributed by atoms with Gasteiger partial charge in [0.25, 0.3) is 0 Å². The molecule has 0 amide bonds. The highest BCUT2D eigenvalue weighted by molar-refractivity contribution is 7.99. The van der Waals surface area contributed by atoms with Crippen molar-refractivity contribution in [3.8, 4) is 11.5 Å². The predicted molar refractivity (Wildman–Crippen MR) is 152 cm³/mol. The molecule has 0 aliphatic carbocycles. The molecule has 9 heteroatoms. The number of halogens is 1. The third kappa shape index (κ3) is 7.11. The highest BCUT2D eigenvalue weighted by Gasteiger charge is 2.37. The van der Waals surface area contributed by atoms with Gasteiger partial charge in [0.2, 0.25) is 0 Å². The fraction of sp³-hybridized carbons (Fsp3) is 0.448. The lowest BCUT2D eigenvalue weighted by atomic mass is 9.71. The van der Waals surface area contributed by atoms with Crippen LogP contribution in [-0.2, 0) is 4.79 Å². The Hall–Kier alpha value is -2.52. The monoisotopic (exact) mass is 558 g/mol. The highest BCUT2D eigenvalue weighted by atomic mass is 35.5. The average Bonchev–Trinajstić information content (AvgIpc) is 2.92. The van der Waals surface area contributed by atoms with Crippen molar-refractivity contribution in [2.45, 2.75) is 43.1 Å². The maximum atomic E-state index is 11.8. The van der Waals surface area contributed by atoms with Gasteiger partial charge in [0.05, 0.1) is 37.3 Å². The van der Waals surface area contributed by atoms with E-state index in [-0.39, 0.29) is 11.8 Å². The summed E-state index contributed by atoms with van der Waals surface area (Å²) in [5, 5.41) is 22.1. The Kier molecular flexibility index (Phi) is 9.76. The molecule has 1 aromatic heterocycles. The summed E-state index contributed by atoms with van der Waals surface area (Å²) < 4.78 is 10.6. The zero-order valence-corrected chi connectivity index (χ0v) is 23.4. The number of methoxy groups -OCH3 is 2. The van der Waals surface area contributed by atoms with Crippen molar-refractivity contribution in [1.82, 2.24) is 9.88 Å². The first-order chi connectivity index (χ1) is 18.3. The van der Waals surface area contributed by atoms with Crippen LogP contribution in [0.15, 0.2) is 53.6 Å². The lowest BCUT2D eigenvalue weighted by Gasteiger charge is -2.41.